The van der Waals surface area contributed by atoms with Crippen LogP contribution < -0.4 is 10.6 Å². The van der Waals surface area contributed by atoms with Crippen molar-refractivity contribution in [2.75, 3.05) is 39.3 Å². The highest BCUT2D eigenvalue weighted by molar-refractivity contribution is 5.84. The van der Waals surface area contributed by atoms with Gasteiger partial charge in [-0.2, -0.15) is 0 Å². The monoisotopic (exact) mass is 438 g/mol. The summed E-state index contributed by atoms with van der Waals surface area (Å²) in [7, 11) is 0. The first-order chi connectivity index (χ1) is 15.4. The van der Waals surface area contributed by atoms with Crippen LogP contribution in [0, 0.1) is 0 Å². The average Bonchev–Trinajstić information content (AvgIpc) is 2.76. The summed E-state index contributed by atoms with van der Waals surface area (Å²) in [5.74, 6) is 1.37. The van der Waals surface area contributed by atoms with Crippen molar-refractivity contribution in [1.82, 2.24) is 10.6 Å². The summed E-state index contributed by atoms with van der Waals surface area (Å²) in [6.45, 7) is 13.1. The summed E-state index contributed by atoms with van der Waals surface area (Å²) in [6, 6.07) is 11.3. The Morgan fingerprint density at radius 1 is 0.688 bits per heavy atom. The third kappa shape index (κ3) is 8.81. The number of hydrogen-bond acceptors (Lipinski definition) is 6. The molecule has 2 aromatic carbocycles. The fraction of sp³-hybridized carbons (Fsp3) is 0.462. The molecule has 2 aromatic rings. The zero-order valence-electron chi connectivity index (χ0n) is 19.8. The van der Waals surface area contributed by atoms with E-state index < -0.39 is 0 Å². The summed E-state index contributed by atoms with van der Waals surface area (Å²) in [5, 5.41) is 26.6. The van der Waals surface area contributed by atoms with E-state index in [9.17, 15) is 10.2 Å². The van der Waals surface area contributed by atoms with E-state index in [-0.39, 0.29) is 11.5 Å². The van der Waals surface area contributed by atoms with Gasteiger partial charge >= 0.3 is 0 Å². The van der Waals surface area contributed by atoms with Crippen LogP contribution in [0.1, 0.15) is 61.8 Å². The first-order valence-corrected chi connectivity index (χ1v) is 11.5. The molecule has 0 radical (unpaired) electrons. The molecule has 174 valence electrons. The number of phenols is 2. The number of nitrogens with zero attached hydrogens (tertiary/aromatic N) is 2. The second-order valence-electron chi connectivity index (χ2n) is 8.52. The zero-order chi connectivity index (χ0) is 23.3. The van der Waals surface area contributed by atoms with Crippen molar-refractivity contribution in [3.05, 3.63) is 58.7 Å². The van der Waals surface area contributed by atoms with Crippen LogP contribution in [-0.4, -0.2) is 61.9 Å². The van der Waals surface area contributed by atoms with Gasteiger partial charge in [-0.15, -0.1) is 0 Å². The van der Waals surface area contributed by atoms with Crippen LogP contribution in [0.2, 0.25) is 0 Å². The largest absolute Gasteiger partial charge is 0.507 e. The van der Waals surface area contributed by atoms with Gasteiger partial charge in [-0.3, -0.25) is 9.98 Å². The summed E-state index contributed by atoms with van der Waals surface area (Å²) in [5.41, 5.74) is 3.92. The summed E-state index contributed by atoms with van der Waals surface area (Å²) in [4.78, 5) is 8.81. The standard InChI is InChI=1S/C26H38N4O2/c1-19(2)21-5-7-25(31)23(15-21)17-29-13-11-27-9-10-28-12-14-30-18-24-16-22(20(3)4)6-8-26(24)32/h5-8,15-20,27-28,31-32H,9-14H2,1-4H3/b29-17-,30-18-. The van der Waals surface area contributed by atoms with Crippen LogP contribution in [-0.2, 0) is 0 Å². The average molecular weight is 439 g/mol. The van der Waals surface area contributed by atoms with Gasteiger partial charge in [-0.1, -0.05) is 39.8 Å². The molecule has 0 atom stereocenters. The maximum atomic E-state index is 9.95. The van der Waals surface area contributed by atoms with E-state index in [1.165, 1.54) is 11.1 Å². The molecule has 0 saturated carbocycles. The second-order valence-corrected chi connectivity index (χ2v) is 8.52. The molecule has 0 aliphatic carbocycles. The third-order valence-electron chi connectivity index (χ3n) is 5.21. The normalized spacial score (nSPS) is 12.1. The van der Waals surface area contributed by atoms with Crippen LogP contribution in [0.25, 0.3) is 0 Å². The SMILES string of the molecule is CC(C)c1ccc(O)c(/C=N\CCNCCNCC/N=C\c2cc(C(C)C)ccc2O)c1. The van der Waals surface area contributed by atoms with E-state index in [2.05, 4.69) is 48.3 Å². The summed E-state index contributed by atoms with van der Waals surface area (Å²) >= 11 is 0. The number of hydrogen-bond donors (Lipinski definition) is 4. The molecule has 0 saturated heterocycles. The Labute approximate surface area is 192 Å². The topological polar surface area (TPSA) is 89.2 Å². The molecule has 32 heavy (non-hydrogen) atoms. The number of rotatable bonds is 13. The van der Waals surface area contributed by atoms with Gasteiger partial charge in [0.15, 0.2) is 0 Å². The minimum atomic E-state index is 0.265. The van der Waals surface area contributed by atoms with Crippen LogP contribution in [0.15, 0.2) is 46.4 Å². The number of benzene rings is 2. The second kappa shape index (κ2) is 13.7. The fourth-order valence-corrected chi connectivity index (χ4v) is 3.11. The van der Waals surface area contributed by atoms with Gasteiger partial charge in [0.2, 0.25) is 0 Å². The van der Waals surface area contributed by atoms with Crippen molar-refractivity contribution in [2.24, 2.45) is 9.98 Å². The van der Waals surface area contributed by atoms with Crippen molar-refractivity contribution in [3.8, 4) is 11.5 Å². The Kier molecular flexibility index (Phi) is 10.9. The molecule has 2 rings (SSSR count). The Hall–Kier alpha value is -2.70. The van der Waals surface area contributed by atoms with Gasteiger partial charge in [-0.25, -0.2) is 0 Å². The first kappa shape index (κ1) is 25.6. The van der Waals surface area contributed by atoms with Crippen LogP contribution in [0.3, 0.4) is 0 Å². The maximum Gasteiger partial charge on any atom is 0.124 e. The molecule has 0 spiro atoms. The Morgan fingerprint density at radius 3 is 1.47 bits per heavy atom. The van der Waals surface area contributed by atoms with E-state index >= 15 is 0 Å². The van der Waals surface area contributed by atoms with Crippen LogP contribution in [0.4, 0.5) is 0 Å². The highest BCUT2D eigenvalue weighted by Crippen LogP contribution is 2.22. The van der Waals surface area contributed by atoms with E-state index in [1.54, 1.807) is 24.6 Å². The molecule has 0 unspecified atom stereocenters. The minimum absolute atomic E-state index is 0.265. The molecule has 6 heteroatoms. The molecular formula is C26H38N4O2. The number of aromatic hydroxyl groups is 2. The molecular weight excluding hydrogens is 400 g/mol. The molecule has 4 N–H and O–H groups in total. The molecule has 0 bridgehead atoms. The molecule has 0 aliphatic heterocycles. The van der Waals surface area contributed by atoms with Gasteiger partial charge < -0.3 is 20.8 Å². The highest BCUT2D eigenvalue weighted by atomic mass is 16.3. The summed E-state index contributed by atoms with van der Waals surface area (Å²) < 4.78 is 0. The molecule has 0 aromatic heterocycles. The van der Waals surface area contributed by atoms with Gasteiger partial charge in [0.25, 0.3) is 0 Å². The molecule has 6 nitrogen and oxygen atoms in total. The van der Waals surface area contributed by atoms with E-state index in [0.29, 0.717) is 24.9 Å². The lowest BCUT2D eigenvalue weighted by atomic mass is 10.0. The maximum absolute atomic E-state index is 9.95. The fourth-order valence-electron chi connectivity index (χ4n) is 3.11. The lowest BCUT2D eigenvalue weighted by molar-refractivity contribution is 0.473. The van der Waals surface area contributed by atoms with Crippen LogP contribution >= 0.6 is 0 Å². The van der Waals surface area contributed by atoms with E-state index in [1.807, 2.05) is 24.3 Å². The van der Waals surface area contributed by atoms with Gasteiger partial charge in [-0.05, 0) is 47.2 Å². The van der Waals surface area contributed by atoms with E-state index in [4.69, 9.17) is 0 Å². The van der Waals surface area contributed by atoms with Gasteiger partial charge in [0.1, 0.15) is 11.5 Å². The predicted octanol–water partition coefficient (Wildman–Crippen LogP) is 4.06. The Morgan fingerprint density at radius 2 is 1.09 bits per heavy atom. The minimum Gasteiger partial charge on any atom is -0.507 e. The third-order valence-corrected chi connectivity index (χ3v) is 5.21. The lowest BCUT2D eigenvalue weighted by Crippen LogP contribution is -2.30. The van der Waals surface area contributed by atoms with Crippen molar-refractivity contribution >= 4 is 12.4 Å². The highest BCUT2D eigenvalue weighted by Gasteiger charge is 2.04. The van der Waals surface area contributed by atoms with Gasteiger partial charge in [0, 0.05) is 49.7 Å². The Bertz CT molecular complexity index is 818. The lowest BCUT2D eigenvalue weighted by Gasteiger charge is -2.08. The van der Waals surface area contributed by atoms with Gasteiger partial charge in [0.05, 0.1) is 13.1 Å². The quantitative estimate of drug-likeness (QED) is 0.280. The number of phenolic OH excluding ortho intramolecular Hbond substituents is 2. The van der Waals surface area contributed by atoms with Crippen molar-refractivity contribution in [2.45, 2.75) is 39.5 Å². The van der Waals surface area contributed by atoms with E-state index in [0.717, 1.165) is 37.3 Å². The van der Waals surface area contributed by atoms with Crippen molar-refractivity contribution < 1.29 is 10.2 Å². The number of aliphatic imine (C=N–C) groups is 2. The number of nitrogens with one attached hydrogen (secondary N) is 2. The van der Waals surface area contributed by atoms with Crippen LogP contribution in [0.5, 0.6) is 11.5 Å². The van der Waals surface area contributed by atoms with Crippen molar-refractivity contribution in [3.63, 3.8) is 0 Å². The molecule has 0 heterocycles. The first-order valence-electron chi connectivity index (χ1n) is 11.5. The summed E-state index contributed by atoms with van der Waals surface area (Å²) in [6.07, 6.45) is 3.49. The molecule has 0 fully saturated rings. The molecule has 0 aliphatic rings. The Balaban J connectivity index is 1.57. The molecule has 0 amide bonds. The smallest absolute Gasteiger partial charge is 0.124 e. The predicted molar refractivity (Wildman–Crippen MR) is 135 cm³/mol. The van der Waals surface area contributed by atoms with Crippen molar-refractivity contribution in [1.29, 1.82) is 0 Å². The zero-order valence-corrected chi connectivity index (χ0v) is 19.8.